The van der Waals surface area contributed by atoms with Crippen LogP contribution in [0.2, 0.25) is 0 Å². The van der Waals surface area contributed by atoms with Gasteiger partial charge in [-0.15, -0.1) is 0 Å². The number of rotatable bonds is 14. The molecule has 0 atom stereocenters. The van der Waals surface area contributed by atoms with Crippen molar-refractivity contribution < 1.29 is 38.0 Å². The molecule has 9 nitrogen and oxygen atoms in total. The molecule has 0 heterocycles. The molecule has 0 aliphatic carbocycles. The number of hydrogen-bond acceptors (Lipinski definition) is 9. The van der Waals surface area contributed by atoms with Gasteiger partial charge in [-0.25, -0.2) is 0 Å². The molecule has 3 aromatic carbocycles. The van der Waals surface area contributed by atoms with Crippen molar-refractivity contribution in [3.05, 3.63) is 83.6 Å². The Kier molecular flexibility index (Phi) is 10.6. The monoisotopic (exact) mass is 547 g/mol. The highest BCUT2D eigenvalue weighted by Gasteiger charge is 2.13. The van der Waals surface area contributed by atoms with E-state index in [-0.39, 0.29) is 18.0 Å². The minimum atomic E-state index is -0.228. The van der Waals surface area contributed by atoms with Gasteiger partial charge in [0.25, 0.3) is 0 Å². The number of carbonyl (C=O) groups is 2. The number of ether oxygens (including phenoxy) is 6. The van der Waals surface area contributed by atoms with Crippen LogP contribution in [-0.2, 0) is 11.2 Å². The number of carbonyl (C=O) groups excluding carboxylic acids is 2. The van der Waals surface area contributed by atoms with Crippen LogP contribution >= 0.6 is 0 Å². The van der Waals surface area contributed by atoms with E-state index < -0.39 is 0 Å². The fraction of sp³-hybridized carbons (Fsp3) is 0.226. The average molecular weight is 548 g/mol. The number of ketones is 2. The first-order valence-corrected chi connectivity index (χ1v) is 12.2. The van der Waals surface area contributed by atoms with Crippen molar-refractivity contribution >= 4 is 23.3 Å². The fourth-order valence-corrected chi connectivity index (χ4v) is 3.90. The maximum atomic E-state index is 12.8. The van der Waals surface area contributed by atoms with E-state index in [1.54, 1.807) is 62.8 Å². The minimum Gasteiger partial charge on any atom is -0.496 e. The Hall–Kier alpha value is -4.92. The van der Waals surface area contributed by atoms with Gasteiger partial charge in [0.15, 0.2) is 23.1 Å². The second-order valence-electron chi connectivity index (χ2n) is 8.37. The van der Waals surface area contributed by atoms with Crippen LogP contribution in [-0.4, -0.2) is 54.2 Å². The van der Waals surface area contributed by atoms with E-state index in [2.05, 4.69) is 5.32 Å². The summed E-state index contributed by atoms with van der Waals surface area (Å²) in [6, 6.07) is 13.7. The summed E-state index contributed by atoms with van der Waals surface area (Å²) in [6.45, 7) is 0. The first kappa shape index (κ1) is 29.6. The van der Waals surface area contributed by atoms with Crippen LogP contribution in [0.3, 0.4) is 0 Å². The Morgan fingerprint density at radius 3 is 1.90 bits per heavy atom. The van der Waals surface area contributed by atoms with Gasteiger partial charge in [0.2, 0.25) is 0 Å². The third-order valence-electron chi connectivity index (χ3n) is 5.97. The summed E-state index contributed by atoms with van der Waals surface area (Å²) in [5, 5.41) is 3.07. The summed E-state index contributed by atoms with van der Waals surface area (Å²) in [5.41, 5.74) is 2.43. The highest BCUT2D eigenvalue weighted by atomic mass is 16.5. The van der Waals surface area contributed by atoms with Crippen molar-refractivity contribution in [1.29, 1.82) is 0 Å². The van der Waals surface area contributed by atoms with E-state index in [1.807, 2.05) is 6.07 Å². The lowest BCUT2D eigenvalue weighted by molar-refractivity contribution is -0.113. The number of allylic oxidation sites excluding steroid dienone is 2. The number of nitrogens with one attached hydrogen (secondary N) is 1. The van der Waals surface area contributed by atoms with Crippen molar-refractivity contribution in [3.8, 4) is 34.5 Å². The Labute approximate surface area is 233 Å². The van der Waals surface area contributed by atoms with Gasteiger partial charge in [0.1, 0.15) is 23.0 Å². The van der Waals surface area contributed by atoms with E-state index in [1.165, 1.54) is 46.8 Å². The first-order chi connectivity index (χ1) is 19.4. The molecule has 0 saturated heterocycles. The van der Waals surface area contributed by atoms with E-state index in [9.17, 15) is 9.59 Å². The number of methoxy groups -OCH3 is 6. The molecule has 0 aliphatic rings. The van der Waals surface area contributed by atoms with Crippen LogP contribution < -0.4 is 33.7 Å². The minimum absolute atomic E-state index is 0.129. The average Bonchev–Trinajstić information content (AvgIpc) is 2.99. The second-order valence-corrected chi connectivity index (χ2v) is 8.37. The molecule has 1 N–H and O–H groups in total. The van der Waals surface area contributed by atoms with Crippen LogP contribution in [0.1, 0.15) is 21.5 Å². The lowest BCUT2D eigenvalue weighted by Gasteiger charge is -2.12. The summed E-state index contributed by atoms with van der Waals surface area (Å²) in [4.78, 5) is 25.5. The Bertz CT molecular complexity index is 1390. The zero-order valence-corrected chi connectivity index (χ0v) is 23.4. The second kappa shape index (κ2) is 14.3. The number of hydrogen-bond donors (Lipinski definition) is 1. The highest BCUT2D eigenvalue weighted by Crippen LogP contribution is 2.35. The molecule has 40 heavy (non-hydrogen) atoms. The SMILES string of the molecule is COc1cc(OC)c(/C=C/C(=O)Cc2ccc(OC)c(N/C=C\C(=O)c3ccc(OC)c(OC)c3)c2)c(OC)c1. The Morgan fingerprint density at radius 1 is 0.675 bits per heavy atom. The van der Waals surface area contributed by atoms with Crippen molar-refractivity contribution in [2.45, 2.75) is 6.42 Å². The van der Waals surface area contributed by atoms with Crippen LogP contribution in [0.5, 0.6) is 34.5 Å². The van der Waals surface area contributed by atoms with Gasteiger partial charge in [-0.1, -0.05) is 6.07 Å². The molecule has 0 unspecified atom stereocenters. The van der Waals surface area contributed by atoms with Crippen LogP contribution in [0.4, 0.5) is 5.69 Å². The van der Waals surface area contributed by atoms with Gasteiger partial charge in [-0.3, -0.25) is 9.59 Å². The van der Waals surface area contributed by atoms with Gasteiger partial charge in [-0.2, -0.15) is 0 Å². The van der Waals surface area contributed by atoms with Gasteiger partial charge in [0.05, 0.1) is 53.9 Å². The number of anilines is 1. The summed E-state index contributed by atoms with van der Waals surface area (Å²) in [7, 11) is 9.21. The Morgan fingerprint density at radius 2 is 1.30 bits per heavy atom. The molecular weight excluding hydrogens is 514 g/mol. The maximum Gasteiger partial charge on any atom is 0.187 e. The number of benzene rings is 3. The molecule has 0 aliphatic heterocycles. The molecule has 3 rings (SSSR count). The predicted molar refractivity (Wildman–Crippen MR) is 153 cm³/mol. The third kappa shape index (κ3) is 7.35. The van der Waals surface area contributed by atoms with E-state index >= 15 is 0 Å². The molecule has 0 radical (unpaired) electrons. The highest BCUT2D eigenvalue weighted by molar-refractivity contribution is 6.05. The molecule has 3 aromatic rings. The van der Waals surface area contributed by atoms with Crippen molar-refractivity contribution in [2.75, 3.05) is 48.0 Å². The van der Waals surface area contributed by atoms with Gasteiger partial charge in [-0.05, 0) is 48.0 Å². The smallest absolute Gasteiger partial charge is 0.187 e. The topological polar surface area (TPSA) is 102 Å². The normalized spacial score (nSPS) is 10.8. The first-order valence-electron chi connectivity index (χ1n) is 12.2. The largest absolute Gasteiger partial charge is 0.496 e. The predicted octanol–water partition coefficient (Wildman–Crippen LogP) is 5.37. The van der Waals surface area contributed by atoms with Gasteiger partial charge < -0.3 is 33.7 Å². The van der Waals surface area contributed by atoms with Crippen LogP contribution in [0.25, 0.3) is 6.08 Å². The molecule has 0 spiro atoms. The van der Waals surface area contributed by atoms with Crippen molar-refractivity contribution in [2.24, 2.45) is 0 Å². The van der Waals surface area contributed by atoms with E-state index in [0.717, 1.165) is 5.56 Å². The summed E-state index contributed by atoms with van der Waals surface area (Å²) >= 11 is 0. The molecule has 0 bridgehead atoms. The standard InChI is InChI=1S/C31H33NO8/c1-35-23-18-29(38-4)24(30(19-23)39-5)10-9-22(33)15-20-7-11-27(36-2)25(16-20)32-14-13-26(34)21-8-12-28(37-3)31(17-21)40-6/h7-14,16-19,32H,15H2,1-6H3/b10-9+,14-13-. The van der Waals surface area contributed by atoms with E-state index in [0.29, 0.717) is 51.3 Å². The lowest BCUT2D eigenvalue weighted by atomic mass is 10.1. The summed E-state index contributed by atoms with van der Waals surface area (Å²) in [5.74, 6) is 2.82. The molecule has 0 fully saturated rings. The summed E-state index contributed by atoms with van der Waals surface area (Å²) in [6.07, 6.45) is 6.20. The summed E-state index contributed by atoms with van der Waals surface area (Å²) < 4.78 is 32.1. The zero-order chi connectivity index (χ0) is 29.1. The molecule has 0 saturated carbocycles. The zero-order valence-electron chi connectivity index (χ0n) is 23.4. The van der Waals surface area contributed by atoms with Crippen LogP contribution in [0, 0.1) is 0 Å². The van der Waals surface area contributed by atoms with Crippen LogP contribution in [0.15, 0.2) is 66.9 Å². The lowest BCUT2D eigenvalue weighted by Crippen LogP contribution is -2.02. The van der Waals surface area contributed by atoms with Crippen molar-refractivity contribution in [3.63, 3.8) is 0 Å². The quantitative estimate of drug-likeness (QED) is 0.211. The Balaban J connectivity index is 1.73. The molecular formula is C31H33NO8. The molecule has 210 valence electrons. The molecule has 9 heteroatoms. The van der Waals surface area contributed by atoms with E-state index in [4.69, 9.17) is 28.4 Å². The van der Waals surface area contributed by atoms with Crippen molar-refractivity contribution in [1.82, 2.24) is 0 Å². The van der Waals surface area contributed by atoms with Gasteiger partial charge >= 0.3 is 0 Å². The van der Waals surface area contributed by atoms with Gasteiger partial charge in [0, 0.05) is 36.4 Å². The fourth-order valence-electron chi connectivity index (χ4n) is 3.90. The molecule has 0 aromatic heterocycles. The maximum absolute atomic E-state index is 12.8. The third-order valence-corrected chi connectivity index (χ3v) is 5.97. The molecule has 0 amide bonds.